The lowest BCUT2D eigenvalue weighted by Gasteiger charge is -1.84. The molecule has 0 spiro atoms. The van der Waals surface area contributed by atoms with E-state index in [2.05, 4.69) is 31.2 Å². The van der Waals surface area contributed by atoms with Crippen molar-refractivity contribution >= 4 is 6.29 Å². The zero-order chi connectivity index (χ0) is 9.78. The number of allylic oxidation sites excluding steroid dienone is 6. The number of hydrogen-bond acceptors (Lipinski definition) is 1. The number of unbranched alkanes of at least 4 members (excludes halogenated alkanes) is 2. The number of rotatable bonds is 7. The van der Waals surface area contributed by atoms with Crippen LogP contribution in [0.3, 0.4) is 0 Å². The summed E-state index contributed by atoms with van der Waals surface area (Å²) in [7, 11) is 0. The van der Waals surface area contributed by atoms with E-state index in [1.807, 2.05) is 6.08 Å². The molecule has 0 saturated heterocycles. The molecule has 0 aliphatic rings. The van der Waals surface area contributed by atoms with Gasteiger partial charge >= 0.3 is 0 Å². The van der Waals surface area contributed by atoms with E-state index in [-0.39, 0.29) is 0 Å². The van der Waals surface area contributed by atoms with E-state index in [1.54, 1.807) is 6.08 Å². The third-order valence-electron chi connectivity index (χ3n) is 1.55. The Morgan fingerprint density at radius 1 is 0.846 bits per heavy atom. The summed E-state index contributed by atoms with van der Waals surface area (Å²) in [6.07, 6.45) is 16.9. The van der Waals surface area contributed by atoms with Gasteiger partial charge in [-0.15, -0.1) is 0 Å². The Bertz CT molecular complexity index is 187. The fraction of sp³-hybridized carbons (Fsp3) is 0.417. The highest BCUT2D eigenvalue weighted by Gasteiger charge is 1.74. The van der Waals surface area contributed by atoms with Crippen molar-refractivity contribution in [1.29, 1.82) is 0 Å². The van der Waals surface area contributed by atoms with Crippen molar-refractivity contribution in [2.75, 3.05) is 0 Å². The van der Waals surface area contributed by atoms with Crippen LogP contribution in [-0.2, 0) is 4.79 Å². The molecule has 1 heteroatoms. The molecule has 0 N–H and O–H groups in total. The van der Waals surface area contributed by atoms with Gasteiger partial charge in [-0.2, -0.15) is 0 Å². The second-order valence-electron chi connectivity index (χ2n) is 2.79. The third kappa shape index (κ3) is 10.9. The highest BCUT2D eigenvalue weighted by molar-refractivity contribution is 5.64. The first kappa shape index (κ1) is 11.9. The van der Waals surface area contributed by atoms with Gasteiger partial charge in [-0.05, 0) is 25.3 Å². The quantitative estimate of drug-likeness (QED) is 0.252. The first-order valence-electron chi connectivity index (χ1n) is 4.83. The topological polar surface area (TPSA) is 17.1 Å². The van der Waals surface area contributed by atoms with Crippen molar-refractivity contribution in [3.8, 4) is 0 Å². The standard InChI is InChI=1S/C12H18O/c1-2-3-4-5-6-7-8-9-10-11-12-13/h4-7,10-12H,2-3,8-9H2,1H3. The fourth-order valence-electron chi connectivity index (χ4n) is 0.860. The molecule has 0 aliphatic heterocycles. The zero-order valence-corrected chi connectivity index (χ0v) is 8.28. The van der Waals surface area contributed by atoms with Crippen LogP contribution >= 0.6 is 0 Å². The van der Waals surface area contributed by atoms with Crippen molar-refractivity contribution in [3.05, 3.63) is 36.5 Å². The zero-order valence-electron chi connectivity index (χ0n) is 8.28. The maximum absolute atomic E-state index is 9.90. The number of aldehydes is 1. The van der Waals surface area contributed by atoms with Crippen LogP contribution in [0.15, 0.2) is 36.5 Å². The Balaban J connectivity index is 3.30. The van der Waals surface area contributed by atoms with E-state index in [1.165, 1.54) is 6.42 Å². The molecule has 1 nitrogen and oxygen atoms in total. The molecule has 0 unspecified atom stereocenters. The largest absolute Gasteiger partial charge is 0.299 e. The minimum absolute atomic E-state index is 0.810. The summed E-state index contributed by atoms with van der Waals surface area (Å²) in [6, 6.07) is 0. The van der Waals surface area contributed by atoms with Crippen LogP contribution in [0.4, 0.5) is 0 Å². The van der Waals surface area contributed by atoms with Crippen LogP contribution in [0.5, 0.6) is 0 Å². The molecule has 0 saturated carbocycles. The summed E-state index contributed by atoms with van der Waals surface area (Å²) >= 11 is 0. The molecule has 0 aromatic carbocycles. The molecule has 0 radical (unpaired) electrons. The summed E-state index contributed by atoms with van der Waals surface area (Å²) < 4.78 is 0. The van der Waals surface area contributed by atoms with E-state index in [0.717, 1.165) is 25.5 Å². The first-order chi connectivity index (χ1) is 6.41. The molecular formula is C12H18O. The van der Waals surface area contributed by atoms with Crippen LogP contribution in [0.25, 0.3) is 0 Å². The first-order valence-corrected chi connectivity index (χ1v) is 4.83. The molecule has 0 aromatic rings. The van der Waals surface area contributed by atoms with Crippen molar-refractivity contribution in [3.63, 3.8) is 0 Å². The van der Waals surface area contributed by atoms with E-state index >= 15 is 0 Å². The van der Waals surface area contributed by atoms with Crippen LogP contribution in [0.1, 0.15) is 32.6 Å². The maximum Gasteiger partial charge on any atom is 0.142 e. The van der Waals surface area contributed by atoms with E-state index < -0.39 is 0 Å². The lowest BCUT2D eigenvalue weighted by molar-refractivity contribution is -0.104. The molecule has 0 aromatic heterocycles. The van der Waals surface area contributed by atoms with Crippen molar-refractivity contribution in [2.45, 2.75) is 32.6 Å². The van der Waals surface area contributed by atoms with Gasteiger partial charge in [0, 0.05) is 0 Å². The highest BCUT2D eigenvalue weighted by Crippen LogP contribution is 1.94. The molecule has 0 fully saturated rings. The number of carbonyl (C=O) groups excluding carboxylic acids is 1. The van der Waals surface area contributed by atoms with Crippen LogP contribution in [0, 0.1) is 0 Å². The molecule has 13 heavy (non-hydrogen) atoms. The Labute approximate surface area is 80.8 Å². The predicted octanol–water partition coefficient (Wildman–Crippen LogP) is 3.43. The van der Waals surface area contributed by atoms with E-state index in [0.29, 0.717) is 0 Å². The second kappa shape index (κ2) is 10.9. The van der Waals surface area contributed by atoms with Crippen molar-refractivity contribution in [1.82, 2.24) is 0 Å². The predicted molar refractivity (Wildman–Crippen MR) is 57.6 cm³/mol. The summed E-state index contributed by atoms with van der Waals surface area (Å²) in [4.78, 5) is 9.90. The Hall–Kier alpha value is -1.11. The van der Waals surface area contributed by atoms with Gasteiger partial charge in [0.25, 0.3) is 0 Å². The third-order valence-corrected chi connectivity index (χ3v) is 1.55. The van der Waals surface area contributed by atoms with E-state index in [9.17, 15) is 4.79 Å². The van der Waals surface area contributed by atoms with Crippen LogP contribution in [0.2, 0.25) is 0 Å². The Morgan fingerprint density at radius 3 is 1.92 bits per heavy atom. The SMILES string of the molecule is CCCC=CC=CCCC=CC=O. The van der Waals surface area contributed by atoms with Gasteiger partial charge in [0.05, 0.1) is 0 Å². The van der Waals surface area contributed by atoms with Gasteiger partial charge in [0.1, 0.15) is 6.29 Å². The minimum atomic E-state index is 0.810. The Morgan fingerprint density at radius 2 is 1.38 bits per heavy atom. The smallest absolute Gasteiger partial charge is 0.142 e. The lowest BCUT2D eigenvalue weighted by atomic mass is 10.2. The Kier molecular flexibility index (Phi) is 9.96. The maximum atomic E-state index is 9.90. The number of carbonyl (C=O) groups is 1. The van der Waals surface area contributed by atoms with Gasteiger partial charge in [-0.25, -0.2) is 0 Å². The second-order valence-corrected chi connectivity index (χ2v) is 2.79. The average Bonchev–Trinajstić information content (AvgIpc) is 2.16. The molecule has 0 heterocycles. The average molecular weight is 178 g/mol. The molecule has 0 atom stereocenters. The molecule has 0 amide bonds. The van der Waals surface area contributed by atoms with Gasteiger partial charge in [-0.3, -0.25) is 4.79 Å². The highest BCUT2D eigenvalue weighted by atomic mass is 16.1. The summed E-state index contributed by atoms with van der Waals surface area (Å²) in [5.74, 6) is 0. The van der Waals surface area contributed by atoms with Crippen molar-refractivity contribution in [2.24, 2.45) is 0 Å². The van der Waals surface area contributed by atoms with Crippen LogP contribution in [-0.4, -0.2) is 6.29 Å². The summed E-state index contributed by atoms with van der Waals surface area (Å²) in [5.41, 5.74) is 0. The van der Waals surface area contributed by atoms with Crippen LogP contribution < -0.4 is 0 Å². The van der Waals surface area contributed by atoms with E-state index in [4.69, 9.17) is 0 Å². The minimum Gasteiger partial charge on any atom is -0.299 e. The molecular weight excluding hydrogens is 160 g/mol. The molecule has 0 rings (SSSR count). The summed E-state index contributed by atoms with van der Waals surface area (Å²) in [6.45, 7) is 2.16. The molecule has 0 bridgehead atoms. The fourth-order valence-corrected chi connectivity index (χ4v) is 0.860. The molecule has 0 aliphatic carbocycles. The monoisotopic (exact) mass is 178 g/mol. The van der Waals surface area contributed by atoms with Crippen molar-refractivity contribution < 1.29 is 4.79 Å². The number of hydrogen-bond donors (Lipinski definition) is 0. The molecule has 72 valence electrons. The van der Waals surface area contributed by atoms with Gasteiger partial charge in [0.15, 0.2) is 0 Å². The van der Waals surface area contributed by atoms with Gasteiger partial charge < -0.3 is 0 Å². The van der Waals surface area contributed by atoms with Gasteiger partial charge in [0.2, 0.25) is 0 Å². The normalized spacial score (nSPS) is 12.1. The van der Waals surface area contributed by atoms with Gasteiger partial charge in [-0.1, -0.05) is 43.7 Å². The lowest BCUT2D eigenvalue weighted by Crippen LogP contribution is -1.65. The summed E-state index contributed by atoms with van der Waals surface area (Å²) in [5, 5.41) is 0.